The molecule has 0 saturated carbocycles. The average Bonchev–Trinajstić information content (AvgIpc) is 3.45. The van der Waals surface area contributed by atoms with E-state index in [1.807, 2.05) is 5.92 Å². The number of terminal acetylenes is 1. The summed E-state index contributed by atoms with van der Waals surface area (Å²) in [5, 5.41) is 13.4. The third-order valence-corrected chi connectivity index (χ3v) is 7.69. The Bertz CT molecular complexity index is 1470. The highest BCUT2D eigenvalue weighted by Crippen LogP contribution is 2.48. The zero-order valence-corrected chi connectivity index (χ0v) is 23.0. The van der Waals surface area contributed by atoms with Crippen molar-refractivity contribution in [1.82, 2.24) is 24.6 Å². The number of nitrogens with one attached hydrogen (secondary N) is 1. The summed E-state index contributed by atoms with van der Waals surface area (Å²) in [7, 11) is 0.281. The van der Waals surface area contributed by atoms with Crippen LogP contribution in [-0.2, 0) is 23.4 Å². The van der Waals surface area contributed by atoms with Gasteiger partial charge in [0.25, 0.3) is 0 Å². The third-order valence-electron chi connectivity index (χ3n) is 6.05. The van der Waals surface area contributed by atoms with Gasteiger partial charge in [-0.05, 0) is 19.1 Å². The highest BCUT2D eigenvalue weighted by atomic mass is 31.2. The van der Waals surface area contributed by atoms with Crippen molar-refractivity contribution in [3.05, 3.63) is 36.7 Å². The van der Waals surface area contributed by atoms with Crippen LogP contribution in [0.4, 0.5) is 16.2 Å². The van der Waals surface area contributed by atoms with Gasteiger partial charge in [0.15, 0.2) is 23.2 Å². The van der Waals surface area contributed by atoms with Gasteiger partial charge in [-0.1, -0.05) is 24.1 Å². The molecule has 1 aliphatic rings. The second-order valence-corrected chi connectivity index (χ2v) is 10.8. The number of methoxy groups -OCH3 is 1. The molecule has 14 nitrogen and oxygen atoms in total. The maximum absolute atomic E-state index is 16.2. The Morgan fingerprint density at radius 3 is 2.73 bits per heavy atom. The Hall–Kier alpha value is -3.80. The lowest BCUT2D eigenvalue weighted by atomic mass is 9.97. The van der Waals surface area contributed by atoms with E-state index in [2.05, 4.69) is 24.8 Å². The fraction of sp³-hybridized carbons (Fsp3) is 0.417. The number of hydrogen-bond acceptors (Lipinski definition) is 12. The minimum Gasteiger partial charge on any atom is -0.468 e. The summed E-state index contributed by atoms with van der Waals surface area (Å²) in [6.07, 6.45) is 1.77. The van der Waals surface area contributed by atoms with Gasteiger partial charge >= 0.3 is 13.7 Å². The van der Waals surface area contributed by atoms with E-state index in [-0.39, 0.29) is 22.9 Å². The summed E-state index contributed by atoms with van der Waals surface area (Å²) in [5.41, 5.74) is 3.47. The maximum atomic E-state index is 16.2. The molecule has 3 aromatic rings. The van der Waals surface area contributed by atoms with Crippen LogP contribution in [0.5, 0.6) is 5.75 Å². The van der Waals surface area contributed by atoms with E-state index in [0.29, 0.717) is 5.82 Å². The van der Waals surface area contributed by atoms with Gasteiger partial charge in [0.05, 0.1) is 20.0 Å². The molecular weight excluding hydrogens is 548 g/mol. The number of nitrogens with zero attached hydrogens (tertiary/aromatic N) is 5. The Morgan fingerprint density at radius 1 is 1.40 bits per heavy atom. The number of hydrogen-bond donors (Lipinski definition) is 3. The minimum absolute atomic E-state index is 0.105. The second kappa shape index (κ2) is 11.4. The molecule has 1 aromatic carbocycles. The van der Waals surface area contributed by atoms with Gasteiger partial charge in [-0.2, -0.15) is 15.1 Å². The van der Waals surface area contributed by atoms with Crippen molar-refractivity contribution in [3.8, 4) is 18.1 Å². The van der Waals surface area contributed by atoms with Crippen LogP contribution >= 0.6 is 7.75 Å². The van der Waals surface area contributed by atoms with E-state index in [4.69, 9.17) is 25.9 Å². The molecule has 0 amide bonds. The van der Waals surface area contributed by atoms with Crippen LogP contribution in [0.2, 0.25) is 0 Å². The molecule has 40 heavy (non-hydrogen) atoms. The highest BCUT2D eigenvalue weighted by molar-refractivity contribution is 7.52. The van der Waals surface area contributed by atoms with E-state index in [1.165, 1.54) is 30.0 Å². The summed E-state index contributed by atoms with van der Waals surface area (Å²) < 4.78 is 52.5. The largest absolute Gasteiger partial charge is 0.468 e. The number of rotatable bonds is 10. The van der Waals surface area contributed by atoms with Gasteiger partial charge in [-0.3, -0.25) is 13.9 Å². The number of esters is 1. The topological polar surface area (TPSA) is 176 Å². The number of imidazole rings is 1. The zero-order valence-electron chi connectivity index (χ0n) is 22.1. The quantitative estimate of drug-likeness (QED) is 0.179. The number of nitrogens with two attached hydrogens (primary N) is 1. The fourth-order valence-corrected chi connectivity index (χ4v) is 5.56. The second-order valence-electron chi connectivity index (χ2n) is 9.08. The van der Waals surface area contributed by atoms with Crippen LogP contribution in [-0.4, -0.2) is 82.3 Å². The van der Waals surface area contributed by atoms with Gasteiger partial charge in [0, 0.05) is 14.1 Å². The Kier molecular flexibility index (Phi) is 8.29. The van der Waals surface area contributed by atoms with Gasteiger partial charge in [-0.15, -0.1) is 6.42 Å². The number of alkyl halides is 1. The first-order valence-electron chi connectivity index (χ1n) is 11.9. The number of halogens is 1. The summed E-state index contributed by atoms with van der Waals surface area (Å²) in [4.78, 5) is 26.2. The normalized spacial score (nSPS) is 24.7. The van der Waals surface area contributed by atoms with Crippen molar-refractivity contribution >= 4 is 36.6 Å². The standard InChI is InChI=1S/C24H29FN7O7P/c1-6-24(25)18(33)16(38-22(24)32-13-27-17-19(31(3)4)28-23(26)29-20(17)32)12-37-40(35,30-14(2)21(34)36-5)39-15-10-8-7-9-11-15/h1,7-11,13-14,16,18,22,33H,12H2,2-5H3,(H,30,35)(H2,26,28,29)/t14-,16+,18+,22+,24+,40-/m0/s1. The lowest BCUT2D eigenvalue weighted by Gasteiger charge is -2.24. The number of aliphatic hydroxyl groups is 1. The first-order chi connectivity index (χ1) is 18.9. The first kappa shape index (κ1) is 29.2. The van der Waals surface area contributed by atoms with Crippen LogP contribution in [0.25, 0.3) is 11.2 Å². The van der Waals surface area contributed by atoms with Crippen molar-refractivity contribution in [1.29, 1.82) is 0 Å². The highest BCUT2D eigenvalue weighted by Gasteiger charge is 2.58. The molecule has 1 saturated heterocycles. The fourth-order valence-electron chi connectivity index (χ4n) is 4.06. The monoisotopic (exact) mass is 577 g/mol. The smallest absolute Gasteiger partial charge is 0.459 e. The number of ether oxygens (including phenoxy) is 2. The molecule has 0 aliphatic carbocycles. The Morgan fingerprint density at radius 2 is 2.10 bits per heavy atom. The van der Waals surface area contributed by atoms with Crippen LogP contribution in [0.3, 0.4) is 0 Å². The predicted octanol–water partition coefficient (Wildman–Crippen LogP) is 1.43. The first-order valence-corrected chi connectivity index (χ1v) is 13.5. The molecule has 3 heterocycles. The SMILES string of the molecule is C#C[C@@]1(F)[C@H](O)[C@@H](CO[P@@](=O)(N[C@@H](C)C(=O)OC)Oc2ccccc2)O[C@H]1n1cnc2c(N(C)C)nc(N)nc21. The van der Waals surface area contributed by atoms with Crippen molar-refractivity contribution in [2.45, 2.75) is 37.1 Å². The summed E-state index contributed by atoms with van der Waals surface area (Å²) in [5.74, 6) is 1.64. The minimum atomic E-state index is -4.31. The maximum Gasteiger partial charge on any atom is 0.459 e. The summed E-state index contributed by atoms with van der Waals surface area (Å²) in [6.45, 7) is 0.737. The lowest BCUT2D eigenvalue weighted by Crippen LogP contribution is -2.42. The molecule has 0 bridgehead atoms. The molecule has 1 aliphatic heterocycles. The Labute approximate surface area is 229 Å². The van der Waals surface area contributed by atoms with Crippen molar-refractivity contribution in [2.24, 2.45) is 0 Å². The molecule has 4 N–H and O–H groups in total. The van der Waals surface area contributed by atoms with Crippen LogP contribution in [0, 0.1) is 12.3 Å². The van der Waals surface area contributed by atoms with Gasteiger partial charge in [0.2, 0.25) is 11.6 Å². The number of benzene rings is 1. The summed E-state index contributed by atoms with van der Waals surface area (Å²) >= 11 is 0. The third kappa shape index (κ3) is 5.58. The molecule has 214 valence electrons. The molecule has 16 heteroatoms. The number of fused-ring (bicyclic) bond motifs is 1. The number of nitrogen functional groups attached to an aromatic ring is 1. The molecule has 2 aromatic heterocycles. The lowest BCUT2D eigenvalue weighted by molar-refractivity contribution is -0.142. The van der Waals surface area contributed by atoms with E-state index < -0.39 is 50.5 Å². The number of carbonyl (C=O) groups excluding carboxylic acids is 1. The number of aliphatic hydroxyl groups excluding tert-OH is 1. The van der Waals surface area contributed by atoms with Gasteiger partial charge < -0.3 is 29.7 Å². The van der Waals surface area contributed by atoms with Crippen molar-refractivity contribution in [2.75, 3.05) is 38.4 Å². The molecule has 6 atom stereocenters. The molecule has 0 unspecified atom stereocenters. The van der Waals surface area contributed by atoms with Crippen LogP contribution in [0.1, 0.15) is 13.2 Å². The van der Waals surface area contributed by atoms with Crippen molar-refractivity contribution < 1.29 is 37.4 Å². The van der Waals surface area contributed by atoms with E-state index in [0.717, 1.165) is 7.11 Å². The average molecular weight is 578 g/mol. The number of carbonyl (C=O) groups is 1. The van der Waals surface area contributed by atoms with Crippen LogP contribution < -0.4 is 20.2 Å². The van der Waals surface area contributed by atoms with E-state index >= 15 is 4.39 Å². The van der Waals surface area contributed by atoms with Crippen LogP contribution in [0.15, 0.2) is 36.7 Å². The van der Waals surface area contributed by atoms with Crippen molar-refractivity contribution in [3.63, 3.8) is 0 Å². The van der Waals surface area contributed by atoms with E-state index in [9.17, 15) is 14.5 Å². The number of para-hydroxylation sites is 1. The molecule has 1 fully saturated rings. The predicted molar refractivity (Wildman–Crippen MR) is 142 cm³/mol. The van der Waals surface area contributed by atoms with E-state index in [1.54, 1.807) is 37.2 Å². The number of anilines is 2. The summed E-state index contributed by atoms with van der Waals surface area (Å²) in [6, 6.07) is 6.91. The molecule has 4 rings (SSSR count). The molecule has 0 radical (unpaired) electrons. The number of aromatic nitrogens is 4. The Balaban J connectivity index is 1.62. The zero-order chi connectivity index (χ0) is 29.2. The van der Waals surface area contributed by atoms with Gasteiger partial charge in [0.1, 0.15) is 24.0 Å². The molecule has 0 spiro atoms. The molecular formula is C24H29FN7O7P. The van der Waals surface area contributed by atoms with Gasteiger partial charge in [-0.25, -0.2) is 13.9 Å².